The Morgan fingerprint density at radius 2 is 1.59 bits per heavy atom. The highest BCUT2D eigenvalue weighted by Gasteiger charge is 2.13. The maximum atomic E-state index is 12.8. The molecule has 0 saturated carbocycles. The number of fused-ring (bicyclic) bond motifs is 1. The molecule has 0 aromatic heterocycles. The second kappa shape index (κ2) is 11.7. The van der Waals surface area contributed by atoms with Gasteiger partial charge in [-0.15, -0.1) is 0 Å². The minimum absolute atomic E-state index is 0.333. The van der Waals surface area contributed by atoms with E-state index in [1.54, 1.807) is 13.3 Å². The van der Waals surface area contributed by atoms with Gasteiger partial charge in [-0.05, 0) is 126 Å². The number of hydrazone groups is 1. The molecule has 8 heteroatoms. The zero-order valence-corrected chi connectivity index (χ0v) is 24.5. The molecule has 0 radical (unpaired) electrons. The van der Waals surface area contributed by atoms with Crippen molar-refractivity contribution in [2.75, 3.05) is 7.11 Å². The minimum Gasteiger partial charge on any atom is -0.496 e. The van der Waals surface area contributed by atoms with Gasteiger partial charge in [0.2, 0.25) is 0 Å². The molecule has 34 heavy (non-hydrogen) atoms. The number of hydrogen-bond acceptors (Lipinski definition) is 4. The molecule has 0 bridgehead atoms. The summed E-state index contributed by atoms with van der Waals surface area (Å²) in [7, 11) is 1.55. The Morgan fingerprint density at radius 1 is 0.941 bits per heavy atom. The fourth-order valence-electron chi connectivity index (χ4n) is 3.32. The van der Waals surface area contributed by atoms with Gasteiger partial charge in [-0.2, -0.15) is 5.10 Å². The van der Waals surface area contributed by atoms with Crippen LogP contribution in [-0.2, 0) is 6.61 Å². The summed E-state index contributed by atoms with van der Waals surface area (Å²) in [5, 5.41) is 6.13. The topological polar surface area (TPSA) is 59.9 Å². The highest BCUT2D eigenvalue weighted by Crippen LogP contribution is 2.29. The maximum absolute atomic E-state index is 12.8. The van der Waals surface area contributed by atoms with Gasteiger partial charge in [0.15, 0.2) is 0 Å². The van der Waals surface area contributed by atoms with Gasteiger partial charge >= 0.3 is 0 Å². The van der Waals surface area contributed by atoms with Crippen LogP contribution < -0.4 is 14.9 Å². The van der Waals surface area contributed by atoms with E-state index in [9.17, 15) is 4.79 Å². The van der Waals surface area contributed by atoms with Crippen molar-refractivity contribution in [3.8, 4) is 11.5 Å². The van der Waals surface area contributed by atoms with Crippen molar-refractivity contribution < 1.29 is 14.3 Å². The third-order valence-electron chi connectivity index (χ3n) is 5.01. The molecule has 1 amide bonds. The van der Waals surface area contributed by atoms with Gasteiger partial charge in [-0.3, -0.25) is 4.79 Å². The molecule has 0 heterocycles. The van der Waals surface area contributed by atoms with Crippen LogP contribution in [0.25, 0.3) is 10.8 Å². The van der Waals surface area contributed by atoms with Crippen molar-refractivity contribution in [3.63, 3.8) is 0 Å². The standard InChI is InChI=1S/C26H19I3N2O3/c1-33-24-13-19-5-3-2-4-18(19)12-21(24)26(32)31-30-14-17-10-22(28)25(23(29)11-17)34-15-16-6-8-20(27)9-7-16/h2-14H,15H2,1H3,(H,31,32)/b30-14-. The van der Waals surface area contributed by atoms with Crippen molar-refractivity contribution in [1.29, 1.82) is 0 Å². The number of amides is 1. The first kappa shape index (κ1) is 25.2. The zero-order chi connectivity index (χ0) is 24.1. The molecule has 0 aliphatic carbocycles. The summed E-state index contributed by atoms with van der Waals surface area (Å²) < 4.78 is 14.6. The number of ether oxygens (including phenoxy) is 2. The van der Waals surface area contributed by atoms with Gasteiger partial charge in [0, 0.05) is 3.57 Å². The predicted molar refractivity (Wildman–Crippen MR) is 161 cm³/mol. The first-order chi connectivity index (χ1) is 16.4. The van der Waals surface area contributed by atoms with E-state index in [0.717, 1.165) is 34.8 Å². The van der Waals surface area contributed by atoms with Gasteiger partial charge in [-0.25, -0.2) is 5.43 Å². The molecule has 0 fully saturated rings. The van der Waals surface area contributed by atoms with E-state index in [1.807, 2.05) is 48.5 Å². The predicted octanol–water partition coefficient (Wildman–Crippen LogP) is 7.01. The van der Waals surface area contributed by atoms with E-state index >= 15 is 0 Å². The lowest BCUT2D eigenvalue weighted by atomic mass is 10.1. The van der Waals surface area contributed by atoms with E-state index in [1.165, 1.54) is 3.57 Å². The number of benzene rings is 4. The number of methoxy groups -OCH3 is 1. The molecule has 4 aromatic carbocycles. The Kier molecular flexibility index (Phi) is 8.64. The molecule has 0 aliphatic heterocycles. The molecule has 0 spiro atoms. The molecular weight excluding hydrogens is 769 g/mol. The molecule has 172 valence electrons. The second-order valence-electron chi connectivity index (χ2n) is 7.33. The van der Waals surface area contributed by atoms with E-state index in [2.05, 4.69) is 103 Å². The molecule has 0 aliphatic rings. The van der Waals surface area contributed by atoms with E-state index in [-0.39, 0.29) is 5.91 Å². The third-order valence-corrected chi connectivity index (χ3v) is 7.33. The number of hydrogen-bond donors (Lipinski definition) is 1. The Balaban J connectivity index is 1.45. The lowest BCUT2D eigenvalue weighted by molar-refractivity contribution is 0.0952. The fraction of sp³-hybridized carbons (Fsp3) is 0.0769. The highest BCUT2D eigenvalue weighted by molar-refractivity contribution is 14.1. The van der Waals surface area contributed by atoms with Gasteiger partial charge < -0.3 is 9.47 Å². The number of nitrogens with zero attached hydrogens (tertiary/aromatic N) is 1. The first-order valence-corrected chi connectivity index (χ1v) is 13.4. The van der Waals surface area contributed by atoms with Gasteiger partial charge in [0.05, 0.1) is 26.0 Å². The normalized spacial score (nSPS) is 11.1. The van der Waals surface area contributed by atoms with Crippen LogP contribution in [0.4, 0.5) is 0 Å². The maximum Gasteiger partial charge on any atom is 0.275 e. The Bertz CT molecular complexity index is 1350. The summed E-state index contributed by atoms with van der Waals surface area (Å²) in [6.07, 6.45) is 1.62. The van der Waals surface area contributed by atoms with Crippen molar-refractivity contribution in [2.24, 2.45) is 5.10 Å². The minimum atomic E-state index is -0.333. The largest absolute Gasteiger partial charge is 0.496 e. The summed E-state index contributed by atoms with van der Waals surface area (Å²) in [4.78, 5) is 12.8. The number of carbonyl (C=O) groups is 1. The third kappa shape index (κ3) is 6.19. The molecular formula is C26H19I3N2O3. The molecule has 0 unspecified atom stereocenters. The smallest absolute Gasteiger partial charge is 0.275 e. The highest BCUT2D eigenvalue weighted by atomic mass is 127. The number of nitrogens with one attached hydrogen (secondary N) is 1. The van der Waals surface area contributed by atoms with Crippen LogP contribution in [0.1, 0.15) is 21.5 Å². The molecule has 1 N–H and O–H groups in total. The van der Waals surface area contributed by atoms with Crippen LogP contribution in [0.5, 0.6) is 11.5 Å². The van der Waals surface area contributed by atoms with Crippen molar-refractivity contribution in [3.05, 3.63) is 100 Å². The number of rotatable bonds is 7. The molecule has 4 aromatic rings. The SMILES string of the molecule is COc1cc2ccccc2cc1C(=O)N/N=C\c1cc(I)c(OCc2ccc(I)cc2)c(I)c1. The Hall–Kier alpha value is -1.93. The summed E-state index contributed by atoms with van der Waals surface area (Å²) in [5.74, 6) is 1.01. The lowest BCUT2D eigenvalue weighted by Crippen LogP contribution is -2.18. The van der Waals surface area contributed by atoms with Gasteiger partial charge in [0.1, 0.15) is 18.1 Å². The summed E-state index contributed by atoms with van der Waals surface area (Å²) in [6, 6.07) is 23.7. The average molecular weight is 788 g/mol. The van der Waals surface area contributed by atoms with Crippen LogP contribution in [0.15, 0.2) is 77.9 Å². The Morgan fingerprint density at radius 3 is 2.24 bits per heavy atom. The van der Waals surface area contributed by atoms with Crippen molar-refractivity contribution in [2.45, 2.75) is 6.61 Å². The molecule has 5 nitrogen and oxygen atoms in total. The van der Waals surface area contributed by atoms with Crippen LogP contribution >= 0.6 is 67.8 Å². The number of carbonyl (C=O) groups excluding carboxylic acids is 1. The summed E-state index contributed by atoms with van der Waals surface area (Å²) in [5.41, 5.74) is 5.02. The molecule has 4 rings (SSSR count). The average Bonchev–Trinajstić information content (AvgIpc) is 2.83. The van der Waals surface area contributed by atoms with Crippen molar-refractivity contribution >= 4 is 90.7 Å². The quantitative estimate of drug-likeness (QED) is 0.125. The van der Waals surface area contributed by atoms with Crippen LogP contribution in [0, 0.1) is 10.7 Å². The molecule has 0 atom stereocenters. The zero-order valence-electron chi connectivity index (χ0n) is 18.0. The van der Waals surface area contributed by atoms with E-state index < -0.39 is 0 Å². The van der Waals surface area contributed by atoms with E-state index in [0.29, 0.717) is 17.9 Å². The van der Waals surface area contributed by atoms with E-state index in [4.69, 9.17) is 9.47 Å². The van der Waals surface area contributed by atoms with Crippen LogP contribution in [-0.4, -0.2) is 19.2 Å². The fourth-order valence-corrected chi connectivity index (χ4v) is 5.81. The molecule has 0 saturated heterocycles. The lowest BCUT2D eigenvalue weighted by Gasteiger charge is -2.12. The summed E-state index contributed by atoms with van der Waals surface area (Å²) in [6.45, 7) is 0.500. The first-order valence-electron chi connectivity index (χ1n) is 10.2. The van der Waals surface area contributed by atoms with Gasteiger partial charge in [-0.1, -0.05) is 36.4 Å². The number of halogens is 3. The monoisotopic (exact) mass is 788 g/mol. The Labute approximate surface area is 238 Å². The van der Waals surface area contributed by atoms with Crippen LogP contribution in [0.3, 0.4) is 0 Å². The van der Waals surface area contributed by atoms with Gasteiger partial charge in [0.25, 0.3) is 5.91 Å². The van der Waals surface area contributed by atoms with Crippen LogP contribution in [0.2, 0.25) is 0 Å². The van der Waals surface area contributed by atoms with Crippen molar-refractivity contribution in [1.82, 2.24) is 5.43 Å². The second-order valence-corrected chi connectivity index (χ2v) is 10.9. The summed E-state index contributed by atoms with van der Waals surface area (Å²) >= 11 is 6.80.